The van der Waals surface area contributed by atoms with E-state index in [2.05, 4.69) is 65.8 Å². The highest BCUT2D eigenvalue weighted by molar-refractivity contribution is 14.1. The smallest absolute Gasteiger partial charge is 0.171 e. The molecular formula is C17H25ClIN3OSi. The van der Waals surface area contributed by atoms with E-state index in [9.17, 15) is 0 Å². The van der Waals surface area contributed by atoms with Gasteiger partial charge in [-0.1, -0.05) is 32.4 Å². The topological polar surface area (TPSA) is 39.4 Å². The van der Waals surface area contributed by atoms with Gasteiger partial charge in [0.2, 0.25) is 0 Å². The van der Waals surface area contributed by atoms with Gasteiger partial charge in [-0.15, -0.1) is 0 Å². The van der Waals surface area contributed by atoms with Gasteiger partial charge in [0.25, 0.3) is 0 Å². The number of hydrogen-bond donors (Lipinski definition) is 0. The van der Waals surface area contributed by atoms with Crippen molar-refractivity contribution in [1.29, 1.82) is 0 Å². The average Bonchev–Trinajstić information content (AvgIpc) is 2.73. The minimum Gasteiger partial charge on any atom is -0.417 e. The van der Waals surface area contributed by atoms with Crippen LogP contribution in [-0.2, 0) is 4.43 Å². The van der Waals surface area contributed by atoms with Crippen LogP contribution in [0.25, 0.3) is 5.52 Å². The van der Waals surface area contributed by atoms with Gasteiger partial charge >= 0.3 is 0 Å². The first-order valence-corrected chi connectivity index (χ1v) is 12.8. The van der Waals surface area contributed by atoms with Gasteiger partial charge in [0.05, 0.1) is 6.10 Å². The zero-order valence-corrected chi connectivity index (χ0v) is 19.0. The van der Waals surface area contributed by atoms with Gasteiger partial charge in [-0.05, 0) is 59.9 Å². The molecule has 0 saturated heterocycles. The molecule has 7 heteroatoms. The summed E-state index contributed by atoms with van der Waals surface area (Å²) in [5.41, 5.74) is 1.11. The highest BCUT2D eigenvalue weighted by Crippen LogP contribution is 2.48. The second kappa shape index (κ2) is 6.85. The van der Waals surface area contributed by atoms with Crippen molar-refractivity contribution in [2.24, 2.45) is 11.3 Å². The Morgan fingerprint density at radius 1 is 1.38 bits per heavy atom. The summed E-state index contributed by atoms with van der Waals surface area (Å²) in [5.74, 6) is 2.21. The summed E-state index contributed by atoms with van der Waals surface area (Å²) in [6.07, 6.45) is 6.34. The van der Waals surface area contributed by atoms with Crippen molar-refractivity contribution in [3.8, 4) is 0 Å². The van der Waals surface area contributed by atoms with Gasteiger partial charge in [0.15, 0.2) is 14.2 Å². The van der Waals surface area contributed by atoms with Gasteiger partial charge in [0, 0.05) is 18.3 Å². The van der Waals surface area contributed by atoms with E-state index in [4.69, 9.17) is 21.0 Å². The van der Waals surface area contributed by atoms with Crippen LogP contribution in [0.3, 0.4) is 0 Å². The maximum absolute atomic E-state index is 6.39. The zero-order valence-electron chi connectivity index (χ0n) is 14.9. The molecule has 4 nitrogen and oxygen atoms in total. The molecule has 1 atom stereocenters. The fraction of sp³-hybridized carbons (Fsp3) is 0.647. The summed E-state index contributed by atoms with van der Waals surface area (Å²) in [6.45, 7) is 11.4. The number of fused-ring (bicyclic) bond motifs is 1. The lowest BCUT2D eigenvalue weighted by atomic mass is 9.66. The van der Waals surface area contributed by atoms with E-state index in [0.717, 1.165) is 27.9 Å². The minimum atomic E-state index is -1.05. The molecule has 1 aliphatic carbocycles. The van der Waals surface area contributed by atoms with Crippen molar-refractivity contribution in [1.82, 2.24) is 14.4 Å². The summed E-state index contributed by atoms with van der Waals surface area (Å²) < 4.78 is 9.44. The van der Waals surface area contributed by atoms with Gasteiger partial charge in [0.1, 0.15) is 15.0 Å². The van der Waals surface area contributed by atoms with E-state index in [-0.39, 0.29) is 5.41 Å². The number of imidazole rings is 1. The molecule has 0 N–H and O–H groups in total. The lowest BCUT2D eigenvalue weighted by Crippen LogP contribution is -2.44. The van der Waals surface area contributed by atoms with E-state index < -0.39 is 9.04 Å². The Kier molecular flexibility index (Phi) is 5.31. The maximum Gasteiger partial charge on any atom is 0.171 e. The lowest BCUT2D eigenvalue weighted by Gasteiger charge is -2.46. The van der Waals surface area contributed by atoms with Gasteiger partial charge in [-0.3, -0.25) is 4.40 Å². The van der Waals surface area contributed by atoms with Crippen molar-refractivity contribution in [3.63, 3.8) is 0 Å². The van der Waals surface area contributed by atoms with Crippen LogP contribution in [0.5, 0.6) is 0 Å². The molecule has 24 heavy (non-hydrogen) atoms. The highest BCUT2D eigenvalue weighted by Gasteiger charge is 2.43. The predicted molar refractivity (Wildman–Crippen MR) is 109 cm³/mol. The van der Waals surface area contributed by atoms with E-state index in [1.165, 1.54) is 0 Å². The van der Waals surface area contributed by atoms with Crippen LogP contribution in [0.1, 0.15) is 45.4 Å². The molecule has 1 aliphatic rings. The molecule has 0 spiro atoms. The molecule has 0 bridgehead atoms. The first-order chi connectivity index (χ1) is 11.2. The Hall–Kier alpha value is -0.183. The van der Waals surface area contributed by atoms with Crippen molar-refractivity contribution in [2.45, 2.75) is 58.7 Å². The normalized spacial score (nSPS) is 22.8. The fourth-order valence-electron chi connectivity index (χ4n) is 3.71. The number of rotatable bonds is 4. The van der Waals surface area contributed by atoms with Crippen molar-refractivity contribution in [3.05, 3.63) is 27.1 Å². The number of halogens is 2. The Morgan fingerprint density at radius 3 is 2.62 bits per heavy atom. The third kappa shape index (κ3) is 3.52. The van der Waals surface area contributed by atoms with Crippen LogP contribution >= 0.6 is 34.2 Å². The molecule has 1 unspecified atom stereocenters. The zero-order chi connectivity index (χ0) is 17.6. The molecule has 1 fully saturated rings. The molecule has 0 amide bonds. The first kappa shape index (κ1) is 18.6. The minimum absolute atomic E-state index is 0.184. The highest BCUT2D eigenvalue weighted by atomic mass is 127. The summed E-state index contributed by atoms with van der Waals surface area (Å²) in [7, 11) is -1.05. The van der Waals surface area contributed by atoms with Crippen LogP contribution in [0.2, 0.25) is 18.2 Å². The molecule has 2 aromatic rings. The third-order valence-electron chi connectivity index (χ3n) is 4.74. The van der Waals surface area contributed by atoms with Crippen LogP contribution in [0.15, 0.2) is 12.4 Å². The first-order valence-electron chi connectivity index (χ1n) is 8.52. The van der Waals surface area contributed by atoms with Crippen LogP contribution < -0.4 is 0 Å². The summed E-state index contributed by atoms with van der Waals surface area (Å²) in [5, 5.41) is 0.526. The molecular weight excluding hydrogens is 453 g/mol. The predicted octanol–water partition coefficient (Wildman–Crippen LogP) is 4.90. The average molecular weight is 478 g/mol. The third-order valence-corrected chi connectivity index (χ3v) is 6.60. The maximum atomic E-state index is 6.39. The lowest BCUT2D eigenvalue weighted by molar-refractivity contribution is -0.00948. The Bertz CT molecular complexity index is 737. The molecule has 0 aliphatic heterocycles. The largest absolute Gasteiger partial charge is 0.417 e. The standard InChI is InChI=1S/C17H25ClIN3OSi/c1-17(2,3)13(23-24(4)5)10-8-11(9-10)16-21-15(19)12-14(18)20-6-7-22(12)16/h6-7,10-11,13,24H,8-9H2,1-5H3/t10-,11+,13?. The van der Waals surface area contributed by atoms with Crippen LogP contribution in [-0.4, -0.2) is 29.5 Å². The van der Waals surface area contributed by atoms with Crippen LogP contribution in [0.4, 0.5) is 0 Å². The van der Waals surface area contributed by atoms with Crippen molar-refractivity contribution < 1.29 is 4.43 Å². The number of aromatic nitrogens is 3. The molecule has 3 rings (SSSR count). The molecule has 132 valence electrons. The Labute approximate surface area is 164 Å². The van der Waals surface area contributed by atoms with E-state index >= 15 is 0 Å². The Morgan fingerprint density at radius 2 is 2.04 bits per heavy atom. The van der Waals surface area contributed by atoms with E-state index in [0.29, 0.717) is 23.1 Å². The van der Waals surface area contributed by atoms with Gasteiger partial charge < -0.3 is 4.43 Å². The molecule has 1 saturated carbocycles. The summed E-state index contributed by atoms with van der Waals surface area (Å²) in [6, 6.07) is 0. The molecule has 2 heterocycles. The van der Waals surface area contributed by atoms with Gasteiger partial charge in [-0.25, -0.2) is 9.97 Å². The number of nitrogens with zero attached hydrogens (tertiary/aromatic N) is 3. The number of hydrogen-bond acceptors (Lipinski definition) is 3. The quantitative estimate of drug-likeness (QED) is 0.465. The van der Waals surface area contributed by atoms with E-state index in [1.54, 1.807) is 6.20 Å². The van der Waals surface area contributed by atoms with Crippen LogP contribution in [0, 0.1) is 15.0 Å². The fourth-order valence-corrected chi connectivity index (χ4v) is 6.08. The Balaban J connectivity index is 1.80. The molecule has 2 aromatic heterocycles. The summed E-state index contributed by atoms with van der Waals surface area (Å²) in [4.78, 5) is 8.96. The van der Waals surface area contributed by atoms with Crippen molar-refractivity contribution >= 4 is 48.7 Å². The second-order valence-electron chi connectivity index (χ2n) is 8.10. The molecule has 0 aromatic carbocycles. The second-order valence-corrected chi connectivity index (χ2v) is 11.8. The van der Waals surface area contributed by atoms with Crippen molar-refractivity contribution in [2.75, 3.05) is 0 Å². The van der Waals surface area contributed by atoms with E-state index in [1.807, 2.05) is 6.20 Å². The molecule has 0 radical (unpaired) electrons. The SMILES string of the molecule is C[SiH](C)OC([C@H]1C[C@@H](c2nc(I)c3c(Cl)nccn32)C1)C(C)(C)C. The summed E-state index contributed by atoms with van der Waals surface area (Å²) >= 11 is 8.50. The van der Waals surface area contributed by atoms with Gasteiger partial charge in [-0.2, -0.15) is 0 Å². The monoisotopic (exact) mass is 477 g/mol.